The van der Waals surface area contributed by atoms with Crippen molar-refractivity contribution in [3.05, 3.63) is 35.5 Å². The van der Waals surface area contributed by atoms with Crippen LogP contribution in [0.2, 0.25) is 0 Å². The number of benzene rings is 1. The summed E-state index contributed by atoms with van der Waals surface area (Å²) in [6, 6.07) is 5.23. The first-order chi connectivity index (χ1) is 9.88. The first-order valence-corrected chi connectivity index (χ1v) is 6.89. The van der Waals surface area contributed by atoms with E-state index >= 15 is 0 Å². The smallest absolute Gasteiger partial charge is 0.382 e. The van der Waals surface area contributed by atoms with Crippen molar-refractivity contribution >= 4 is 5.82 Å². The van der Waals surface area contributed by atoms with Crippen LogP contribution in [0.25, 0.3) is 11.1 Å². The zero-order valence-corrected chi connectivity index (χ0v) is 11.5. The molecule has 0 bridgehead atoms. The molecule has 0 spiro atoms. The number of nitrogen functional groups attached to an aromatic ring is 1. The quantitative estimate of drug-likeness (QED) is 0.892. The summed E-state index contributed by atoms with van der Waals surface area (Å²) in [5.41, 5.74) is 7.07. The van der Waals surface area contributed by atoms with Gasteiger partial charge in [-0.2, -0.15) is 18.3 Å². The average Bonchev–Trinajstić information content (AvgIpc) is 3.20. The maximum Gasteiger partial charge on any atom is 0.416 e. The number of nitrogens with two attached hydrogens (primary N) is 1. The van der Waals surface area contributed by atoms with Crippen molar-refractivity contribution < 1.29 is 13.2 Å². The summed E-state index contributed by atoms with van der Waals surface area (Å²) in [4.78, 5) is 0. The molecule has 1 fully saturated rings. The number of nitrogens with zero attached hydrogens (tertiary/aromatic N) is 1. The van der Waals surface area contributed by atoms with Crippen molar-refractivity contribution in [3.63, 3.8) is 0 Å². The molecule has 0 radical (unpaired) electrons. The minimum absolute atomic E-state index is 0.222. The molecule has 0 saturated heterocycles. The molecule has 1 heterocycles. The average molecular weight is 295 g/mol. The minimum Gasteiger partial charge on any atom is -0.382 e. The van der Waals surface area contributed by atoms with Crippen molar-refractivity contribution in [2.24, 2.45) is 5.92 Å². The largest absolute Gasteiger partial charge is 0.416 e. The van der Waals surface area contributed by atoms with Gasteiger partial charge in [0.1, 0.15) is 0 Å². The summed E-state index contributed by atoms with van der Waals surface area (Å²) in [6.45, 7) is 2.06. The fraction of sp³-hybridized carbons (Fsp3) is 0.400. The van der Waals surface area contributed by atoms with Crippen LogP contribution in [0.3, 0.4) is 0 Å². The van der Waals surface area contributed by atoms with Crippen LogP contribution >= 0.6 is 0 Å². The summed E-state index contributed by atoms with van der Waals surface area (Å²) < 4.78 is 38.6. The van der Waals surface area contributed by atoms with Crippen molar-refractivity contribution in [2.45, 2.75) is 31.9 Å². The van der Waals surface area contributed by atoms with Gasteiger partial charge in [-0.05, 0) is 36.5 Å². The van der Waals surface area contributed by atoms with Gasteiger partial charge in [0.25, 0.3) is 0 Å². The molecule has 1 aromatic heterocycles. The van der Waals surface area contributed by atoms with Crippen molar-refractivity contribution in [1.29, 1.82) is 0 Å². The van der Waals surface area contributed by atoms with Crippen LogP contribution in [-0.2, 0) is 6.18 Å². The van der Waals surface area contributed by atoms with Gasteiger partial charge in [-0.25, -0.2) is 0 Å². The molecular formula is C15H16F3N3. The van der Waals surface area contributed by atoms with Gasteiger partial charge in [-0.1, -0.05) is 19.1 Å². The van der Waals surface area contributed by atoms with E-state index in [4.69, 9.17) is 5.73 Å². The number of anilines is 1. The lowest BCUT2D eigenvalue weighted by molar-refractivity contribution is -0.137. The monoisotopic (exact) mass is 295 g/mol. The Kier molecular flexibility index (Phi) is 3.19. The van der Waals surface area contributed by atoms with E-state index in [1.807, 2.05) is 0 Å². The molecule has 112 valence electrons. The molecule has 3 rings (SSSR count). The third-order valence-corrected chi connectivity index (χ3v) is 4.09. The summed E-state index contributed by atoms with van der Waals surface area (Å²) >= 11 is 0. The van der Waals surface area contributed by atoms with Crippen molar-refractivity contribution in [2.75, 3.05) is 5.73 Å². The van der Waals surface area contributed by atoms with Gasteiger partial charge >= 0.3 is 6.18 Å². The summed E-state index contributed by atoms with van der Waals surface area (Å²) in [7, 11) is 0. The molecule has 2 aromatic rings. The third-order valence-electron chi connectivity index (χ3n) is 4.09. The number of aromatic amines is 1. The lowest BCUT2D eigenvalue weighted by Gasteiger charge is -2.13. The fourth-order valence-corrected chi connectivity index (χ4v) is 2.69. The second-order valence-electron chi connectivity index (χ2n) is 5.60. The normalized spacial score (nSPS) is 17.0. The lowest BCUT2D eigenvalue weighted by atomic mass is 9.94. The summed E-state index contributed by atoms with van der Waals surface area (Å²) in [5.74, 6) is 1.03. The third kappa shape index (κ3) is 2.62. The van der Waals surface area contributed by atoms with Gasteiger partial charge in [-0.15, -0.1) is 0 Å². The molecule has 1 unspecified atom stereocenters. The Bertz CT molecular complexity index is 656. The Morgan fingerprint density at radius 3 is 2.67 bits per heavy atom. The number of halogens is 3. The van der Waals surface area contributed by atoms with Crippen LogP contribution in [0.1, 0.15) is 36.9 Å². The van der Waals surface area contributed by atoms with Crippen LogP contribution < -0.4 is 5.73 Å². The number of hydrogen-bond donors (Lipinski definition) is 2. The van der Waals surface area contributed by atoms with Gasteiger partial charge in [0.2, 0.25) is 0 Å². The highest BCUT2D eigenvalue weighted by molar-refractivity contribution is 5.77. The minimum atomic E-state index is -4.36. The van der Waals surface area contributed by atoms with Crippen LogP contribution in [0.4, 0.5) is 19.0 Å². The first kappa shape index (κ1) is 14.0. The number of H-pyrrole nitrogens is 1. The van der Waals surface area contributed by atoms with E-state index in [1.54, 1.807) is 6.07 Å². The summed E-state index contributed by atoms with van der Waals surface area (Å²) in [5, 5.41) is 6.88. The first-order valence-electron chi connectivity index (χ1n) is 6.89. The number of hydrogen-bond acceptors (Lipinski definition) is 2. The van der Waals surface area contributed by atoms with E-state index in [0.717, 1.165) is 30.7 Å². The molecule has 0 aliphatic heterocycles. The maximum absolute atomic E-state index is 12.9. The second kappa shape index (κ2) is 4.79. The molecule has 1 aliphatic carbocycles. The SMILES string of the molecule is CC(c1[nH]nc(N)c1-c1cccc(C(F)(F)F)c1)C1CC1. The van der Waals surface area contributed by atoms with Crippen LogP contribution in [0.5, 0.6) is 0 Å². The lowest BCUT2D eigenvalue weighted by Crippen LogP contribution is -2.05. The topological polar surface area (TPSA) is 54.7 Å². The van der Waals surface area contributed by atoms with Gasteiger partial charge < -0.3 is 5.73 Å². The predicted molar refractivity (Wildman–Crippen MR) is 74.6 cm³/mol. The van der Waals surface area contributed by atoms with Crippen LogP contribution in [0.15, 0.2) is 24.3 Å². The number of alkyl halides is 3. The summed E-state index contributed by atoms with van der Waals surface area (Å²) in [6.07, 6.45) is -2.08. The number of rotatable bonds is 3. The Hall–Kier alpha value is -1.98. The highest BCUT2D eigenvalue weighted by atomic mass is 19.4. The molecule has 1 saturated carbocycles. The van der Waals surface area contributed by atoms with Crippen LogP contribution in [-0.4, -0.2) is 10.2 Å². The van der Waals surface area contributed by atoms with E-state index < -0.39 is 11.7 Å². The molecular weight excluding hydrogens is 279 g/mol. The van der Waals surface area contributed by atoms with Crippen LogP contribution in [0, 0.1) is 5.92 Å². The Morgan fingerprint density at radius 2 is 2.05 bits per heavy atom. The van der Waals surface area contributed by atoms with E-state index in [1.165, 1.54) is 6.07 Å². The van der Waals surface area contributed by atoms with E-state index in [9.17, 15) is 13.2 Å². The fourth-order valence-electron chi connectivity index (χ4n) is 2.69. The van der Waals surface area contributed by atoms with E-state index in [0.29, 0.717) is 17.0 Å². The highest BCUT2D eigenvalue weighted by Gasteiger charge is 2.34. The molecule has 1 atom stereocenters. The molecule has 6 heteroatoms. The zero-order chi connectivity index (χ0) is 15.2. The van der Waals surface area contributed by atoms with E-state index in [2.05, 4.69) is 17.1 Å². The second-order valence-corrected chi connectivity index (χ2v) is 5.60. The Labute approximate surface area is 120 Å². The number of aromatic nitrogens is 2. The molecule has 0 amide bonds. The van der Waals surface area contributed by atoms with E-state index in [-0.39, 0.29) is 11.7 Å². The molecule has 3 nitrogen and oxygen atoms in total. The molecule has 1 aromatic carbocycles. The van der Waals surface area contributed by atoms with Gasteiger partial charge in [0, 0.05) is 17.2 Å². The highest BCUT2D eigenvalue weighted by Crippen LogP contribution is 2.45. The van der Waals surface area contributed by atoms with Gasteiger partial charge in [-0.3, -0.25) is 5.10 Å². The Balaban J connectivity index is 2.06. The van der Waals surface area contributed by atoms with Crippen molar-refractivity contribution in [3.8, 4) is 11.1 Å². The molecule has 21 heavy (non-hydrogen) atoms. The van der Waals surface area contributed by atoms with Gasteiger partial charge in [0.15, 0.2) is 5.82 Å². The molecule has 1 aliphatic rings. The standard InChI is InChI=1S/C15H16F3N3/c1-8(9-5-6-9)13-12(14(19)21-20-13)10-3-2-4-11(7-10)15(16,17)18/h2-4,7-9H,5-6H2,1H3,(H3,19,20,21). The maximum atomic E-state index is 12.9. The van der Waals surface area contributed by atoms with Crippen molar-refractivity contribution in [1.82, 2.24) is 10.2 Å². The Morgan fingerprint density at radius 1 is 1.33 bits per heavy atom. The number of nitrogens with one attached hydrogen (secondary N) is 1. The predicted octanol–water partition coefficient (Wildman–Crippen LogP) is 4.19. The van der Waals surface area contributed by atoms with Gasteiger partial charge in [0.05, 0.1) is 5.56 Å². The molecule has 3 N–H and O–H groups in total. The zero-order valence-electron chi connectivity index (χ0n) is 11.5.